The quantitative estimate of drug-likeness (QED) is 0.931. The molecule has 0 aliphatic rings. The summed E-state index contributed by atoms with van der Waals surface area (Å²) in [5, 5.41) is 0. The summed E-state index contributed by atoms with van der Waals surface area (Å²) in [6, 6.07) is 4.79. The summed E-state index contributed by atoms with van der Waals surface area (Å²) in [5.41, 5.74) is 5.82. The van der Waals surface area contributed by atoms with Gasteiger partial charge in [-0.3, -0.25) is 0 Å². The van der Waals surface area contributed by atoms with Gasteiger partial charge in [0.25, 0.3) is 0 Å². The van der Waals surface area contributed by atoms with Crippen LogP contribution in [-0.2, 0) is 12.6 Å². The van der Waals surface area contributed by atoms with Crippen LogP contribution in [0.3, 0.4) is 0 Å². The minimum atomic E-state index is -4.38. The average molecular weight is 270 g/mol. The number of rotatable bonds is 3. The Kier molecular flexibility index (Phi) is 3.61. The second-order valence-corrected chi connectivity index (χ2v) is 4.40. The molecule has 0 saturated heterocycles. The Morgan fingerprint density at radius 1 is 1.37 bits per heavy atom. The van der Waals surface area contributed by atoms with Crippen LogP contribution in [0.4, 0.5) is 13.2 Å². The second-order valence-electron chi connectivity index (χ2n) is 4.40. The highest BCUT2D eigenvalue weighted by atomic mass is 19.4. The SMILES string of the molecule is CC(N)Cc1coc(-c2cccc(C(F)(F)F)c2)n1. The van der Waals surface area contributed by atoms with Gasteiger partial charge in [0.2, 0.25) is 5.89 Å². The molecule has 0 radical (unpaired) electrons. The molecular formula is C13H13F3N2O. The number of halogens is 3. The fourth-order valence-corrected chi connectivity index (χ4v) is 1.69. The second kappa shape index (κ2) is 5.05. The van der Waals surface area contributed by atoms with Gasteiger partial charge in [-0.25, -0.2) is 4.98 Å². The molecule has 1 aromatic heterocycles. The Morgan fingerprint density at radius 2 is 2.11 bits per heavy atom. The number of alkyl halides is 3. The van der Waals surface area contributed by atoms with Crippen molar-refractivity contribution in [3.8, 4) is 11.5 Å². The molecule has 2 aromatic rings. The van der Waals surface area contributed by atoms with Crippen LogP contribution >= 0.6 is 0 Å². The number of nitrogens with two attached hydrogens (primary N) is 1. The normalized spacial score (nSPS) is 13.5. The Labute approximate surface area is 108 Å². The zero-order valence-electron chi connectivity index (χ0n) is 10.2. The molecular weight excluding hydrogens is 257 g/mol. The van der Waals surface area contributed by atoms with Crippen molar-refractivity contribution in [2.24, 2.45) is 5.73 Å². The van der Waals surface area contributed by atoms with E-state index in [0.717, 1.165) is 12.1 Å². The van der Waals surface area contributed by atoms with Crippen molar-refractivity contribution < 1.29 is 17.6 Å². The predicted molar refractivity (Wildman–Crippen MR) is 64.3 cm³/mol. The van der Waals surface area contributed by atoms with E-state index in [9.17, 15) is 13.2 Å². The first-order valence-corrected chi connectivity index (χ1v) is 5.74. The van der Waals surface area contributed by atoms with Crippen LogP contribution < -0.4 is 5.73 Å². The molecule has 0 amide bonds. The van der Waals surface area contributed by atoms with Gasteiger partial charge in [-0.1, -0.05) is 6.07 Å². The fourth-order valence-electron chi connectivity index (χ4n) is 1.69. The number of aromatic nitrogens is 1. The van der Waals surface area contributed by atoms with Gasteiger partial charge >= 0.3 is 6.18 Å². The highest BCUT2D eigenvalue weighted by molar-refractivity contribution is 5.54. The minimum absolute atomic E-state index is 0.0838. The Bertz CT molecular complexity index is 561. The molecule has 102 valence electrons. The maximum atomic E-state index is 12.6. The van der Waals surface area contributed by atoms with E-state index in [2.05, 4.69) is 4.98 Å². The van der Waals surface area contributed by atoms with Gasteiger partial charge in [0.05, 0.1) is 11.3 Å². The summed E-state index contributed by atoms with van der Waals surface area (Å²) in [7, 11) is 0. The number of benzene rings is 1. The van der Waals surface area contributed by atoms with Crippen LogP contribution in [0.5, 0.6) is 0 Å². The molecule has 6 heteroatoms. The first kappa shape index (κ1) is 13.6. The average Bonchev–Trinajstić information content (AvgIpc) is 2.76. The van der Waals surface area contributed by atoms with Crippen molar-refractivity contribution in [2.45, 2.75) is 25.6 Å². The molecule has 0 aliphatic heterocycles. The van der Waals surface area contributed by atoms with E-state index in [0.29, 0.717) is 17.7 Å². The van der Waals surface area contributed by atoms with E-state index in [1.54, 1.807) is 0 Å². The molecule has 0 aliphatic carbocycles. The van der Waals surface area contributed by atoms with Crippen LogP contribution in [0.15, 0.2) is 34.9 Å². The molecule has 19 heavy (non-hydrogen) atoms. The van der Waals surface area contributed by atoms with Gasteiger partial charge < -0.3 is 10.2 Å². The highest BCUT2D eigenvalue weighted by Gasteiger charge is 2.30. The van der Waals surface area contributed by atoms with Gasteiger partial charge in [-0.2, -0.15) is 13.2 Å². The lowest BCUT2D eigenvalue weighted by molar-refractivity contribution is -0.137. The van der Waals surface area contributed by atoms with Gasteiger partial charge in [0.15, 0.2) is 0 Å². The Balaban J connectivity index is 2.29. The van der Waals surface area contributed by atoms with Crippen LogP contribution in [0.25, 0.3) is 11.5 Å². The number of hydrogen-bond acceptors (Lipinski definition) is 3. The molecule has 2 rings (SSSR count). The summed E-state index contributed by atoms with van der Waals surface area (Å²) in [6.45, 7) is 1.82. The van der Waals surface area contributed by atoms with Crippen LogP contribution in [0.1, 0.15) is 18.2 Å². The summed E-state index contributed by atoms with van der Waals surface area (Å²) < 4.78 is 43.0. The largest absolute Gasteiger partial charge is 0.444 e. The van der Waals surface area contributed by atoms with Crippen LogP contribution in [0, 0.1) is 0 Å². The summed E-state index contributed by atoms with van der Waals surface area (Å²) in [5.74, 6) is 0.168. The maximum Gasteiger partial charge on any atom is 0.416 e. The molecule has 0 fully saturated rings. The van der Waals surface area contributed by atoms with Gasteiger partial charge in [-0.05, 0) is 25.1 Å². The minimum Gasteiger partial charge on any atom is -0.444 e. The third-order valence-corrected chi connectivity index (χ3v) is 2.52. The molecule has 1 atom stereocenters. The molecule has 0 saturated carbocycles. The van der Waals surface area contributed by atoms with Crippen molar-refractivity contribution in [1.29, 1.82) is 0 Å². The van der Waals surface area contributed by atoms with Crippen molar-refractivity contribution in [1.82, 2.24) is 4.98 Å². The van der Waals surface area contributed by atoms with Crippen molar-refractivity contribution in [3.63, 3.8) is 0 Å². The fraction of sp³-hybridized carbons (Fsp3) is 0.308. The summed E-state index contributed by atoms with van der Waals surface area (Å²) >= 11 is 0. The van der Waals surface area contributed by atoms with E-state index < -0.39 is 11.7 Å². The lowest BCUT2D eigenvalue weighted by Gasteiger charge is -2.06. The Morgan fingerprint density at radius 3 is 2.74 bits per heavy atom. The van der Waals surface area contributed by atoms with E-state index in [1.807, 2.05) is 6.92 Å². The molecule has 0 spiro atoms. The molecule has 3 nitrogen and oxygen atoms in total. The van der Waals surface area contributed by atoms with Gasteiger partial charge in [0, 0.05) is 18.0 Å². The zero-order chi connectivity index (χ0) is 14.0. The zero-order valence-corrected chi connectivity index (χ0v) is 10.2. The number of nitrogens with zero attached hydrogens (tertiary/aromatic N) is 1. The maximum absolute atomic E-state index is 12.6. The highest BCUT2D eigenvalue weighted by Crippen LogP contribution is 2.31. The predicted octanol–water partition coefficient (Wildman–Crippen LogP) is 3.25. The van der Waals surface area contributed by atoms with Crippen LogP contribution in [-0.4, -0.2) is 11.0 Å². The van der Waals surface area contributed by atoms with Crippen molar-refractivity contribution in [2.75, 3.05) is 0 Å². The van der Waals surface area contributed by atoms with E-state index in [4.69, 9.17) is 10.2 Å². The monoisotopic (exact) mass is 270 g/mol. The standard InChI is InChI=1S/C13H13F3N2O/c1-8(17)5-11-7-19-12(18-11)9-3-2-4-10(6-9)13(14,15)16/h2-4,6-8H,5,17H2,1H3. The van der Waals surface area contributed by atoms with Crippen molar-refractivity contribution in [3.05, 3.63) is 41.8 Å². The summed E-state index contributed by atoms with van der Waals surface area (Å²) in [6.07, 6.45) is -2.45. The molecule has 1 unspecified atom stereocenters. The molecule has 0 bridgehead atoms. The van der Waals surface area contributed by atoms with Gasteiger partial charge in [0.1, 0.15) is 6.26 Å². The van der Waals surface area contributed by atoms with E-state index in [1.165, 1.54) is 18.4 Å². The number of hydrogen-bond donors (Lipinski definition) is 1. The Hall–Kier alpha value is -1.82. The smallest absolute Gasteiger partial charge is 0.416 e. The third-order valence-electron chi connectivity index (χ3n) is 2.52. The lowest BCUT2D eigenvalue weighted by Crippen LogP contribution is -2.17. The number of oxazole rings is 1. The van der Waals surface area contributed by atoms with Crippen LogP contribution in [0.2, 0.25) is 0 Å². The molecule has 1 aromatic carbocycles. The molecule has 2 N–H and O–H groups in total. The molecule has 1 heterocycles. The lowest BCUT2D eigenvalue weighted by atomic mass is 10.1. The third kappa shape index (κ3) is 3.35. The first-order chi connectivity index (χ1) is 8.86. The first-order valence-electron chi connectivity index (χ1n) is 5.74. The summed E-state index contributed by atoms with van der Waals surface area (Å²) in [4.78, 5) is 4.13. The van der Waals surface area contributed by atoms with E-state index >= 15 is 0 Å². The van der Waals surface area contributed by atoms with Gasteiger partial charge in [-0.15, -0.1) is 0 Å². The van der Waals surface area contributed by atoms with E-state index in [-0.39, 0.29) is 11.9 Å². The topological polar surface area (TPSA) is 52.0 Å². The van der Waals surface area contributed by atoms with Crippen molar-refractivity contribution >= 4 is 0 Å².